The van der Waals surface area contributed by atoms with Crippen LogP contribution in [0.2, 0.25) is 0 Å². The van der Waals surface area contributed by atoms with Gasteiger partial charge in [0.25, 0.3) is 0 Å². The molecule has 3 heteroatoms. The number of nitrogens with zero attached hydrogens (tertiary/aromatic N) is 1. The van der Waals surface area contributed by atoms with Crippen molar-refractivity contribution < 1.29 is 9.90 Å². The number of hydrogen-bond donors (Lipinski definition) is 1. The first-order valence-corrected chi connectivity index (χ1v) is 7.87. The summed E-state index contributed by atoms with van der Waals surface area (Å²) in [6.07, 6.45) is 4.16. The number of benzene rings is 2. The van der Waals surface area contributed by atoms with Crippen molar-refractivity contribution in [1.82, 2.24) is 0 Å². The fourth-order valence-corrected chi connectivity index (χ4v) is 3.16. The molecule has 0 atom stereocenters. The fourth-order valence-electron chi connectivity index (χ4n) is 3.16. The van der Waals surface area contributed by atoms with Gasteiger partial charge in [-0.05, 0) is 32.4 Å². The summed E-state index contributed by atoms with van der Waals surface area (Å²) in [4.78, 5) is 14.9. The topological polar surface area (TPSA) is 40.5 Å². The summed E-state index contributed by atoms with van der Waals surface area (Å²) in [7, 11) is 0. The Morgan fingerprint density at radius 1 is 1.17 bits per heavy atom. The van der Waals surface area contributed by atoms with Gasteiger partial charge in [0.15, 0.2) is 5.78 Å². The lowest BCUT2D eigenvalue weighted by molar-refractivity contribution is 0.103. The molecule has 0 aliphatic carbocycles. The molecule has 0 spiro atoms. The first-order chi connectivity index (χ1) is 10.9. The molecule has 3 nitrogen and oxygen atoms in total. The number of hydrogen-bond acceptors (Lipinski definition) is 3. The second-order valence-electron chi connectivity index (χ2n) is 6.35. The lowest BCUT2D eigenvalue weighted by atomic mass is 9.91. The molecule has 1 aliphatic rings. The van der Waals surface area contributed by atoms with Crippen LogP contribution in [-0.2, 0) is 0 Å². The van der Waals surface area contributed by atoms with Gasteiger partial charge in [-0.25, -0.2) is 0 Å². The van der Waals surface area contributed by atoms with Crippen LogP contribution >= 0.6 is 0 Å². The van der Waals surface area contributed by atoms with Crippen molar-refractivity contribution in [2.24, 2.45) is 0 Å². The van der Waals surface area contributed by atoms with Gasteiger partial charge < -0.3 is 10.0 Å². The van der Waals surface area contributed by atoms with Crippen molar-refractivity contribution in [3.63, 3.8) is 0 Å². The van der Waals surface area contributed by atoms with Crippen molar-refractivity contribution >= 4 is 17.5 Å². The maximum atomic E-state index is 12.6. The molecular formula is C20H21NO2. The number of rotatable bonds is 3. The largest absolute Gasteiger partial charge is 0.507 e. The molecule has 3 rings (SSSR count). The molecule has 1 N–H and O–H groups in total. The van der Waals surface area contributed by atoms with Gasteiger partial charge in [0.2, 0.25) is 0 Å². The Morgan fingerprint density at radius 2 is 1.87 bits per heavy atom. The van der Waals surface area contributed by atoms with Crippen LogP contribution in [0.15, 0.2) is 48.5 Å². The molecule has 0 fully saturated rings. The average molecular weight is 307 g/mol. The van der Waals surface area contributed by atoms with Gasteiger partial charge in [-0.2, -0.15) is 0 Å². The van der Waals surface area contributed by atoms with Gasteiger partial charge in [0, 0.05) is 23.9 Å². The molecule has 0 unspecified atom stereocenters. The van der Waals surface area contributed by atoms with Gasteiger partial charge in [0.05, 0.1) is 11.1 Å². The Bertz CT molecular complexity index is 776. The highest BCUT2D eigenvalue weighted by molar-refractivity contribution is 6.11. The second kappa shape index (κ2) is 5.58. The quantitative estimate of drug-likeness (QED) is 0.862. The minimum atomic E-state index is -0.160. The number of phenols is 1. The number of carbonyl (C=O) groups is 1. The van der Waals surface area contributed by atoms with Crippen LogP contribution in [0.4, 0.5) is 5.69 Å². The third kappa shape index (κ3) is 2.63. The minimum Gasteiger partial charge on any atom is -0.507 e. The number of likely N-dealkylation sites (N-methyl/N-ethyl adjacent to an activating group) is 1. The molecule has 0 amide bonds. The predicted molar refractivity (Wildman–Crippen MR) is 94.1 cm³/mol. The van der Waals surface area contributed by atoms with E-state index in [4.69, 9.17) is 0 Å². The summed E-state index contributed by atoms with van der Waals surface area (Å²) in [5.74, 6) is -0.130. The molecule has 23 heavy (non-hydrogen) atoms. The average Bonchev–Trinajstić information content (AvgIpc) is 2.54. The van der Waals surface area contributed by atoms with Crippen LogP contribution in [0.25, 0.3) is 6.08 Å². The van der Waals surface area contributed by atoms with E-state index in [0.29, 0.717) is 11.1 Å². The van der Waals surface area contributed by atoms with Crippen molar-refractivity contribution in [2.75, 3.05) is 11.4 Å². The molecule has 2 aromatic rings. The molecule has 1 aliphatic heterocycles. The van der Waals surface area contributed by atoms with Crippen molar-refractivity contribution in [2.45, 2.75) is 26.3 Å². The SMILES string of the molecule is CCN1c2cc(O)c(C(=O)c3ccccc3)cc2C=CC1(C)C. The minimum absolute atomic E-state index is 0.0298. The van der Waals surface area contributed by atoms with E-state index in [2.05, 4.69) is 31.7 Å². The molecule has 0 radical (unpaired) electrons. The summed E-state index contributed by atoms with van der Waals surface area (Å²) >= 11 is 0. The van der Waals surface area contributed by atoms with Gasteiger partial charge in [-0.1, -0.05) is 42.5 Å². The Morgan fingerprint density at radius 3 is 2.52 bits per heavy atom. The van der Waals surface area contributed by atoms with E-state index in [0.717, 1.165) is 17.8 Å². The summed E-state index contributed by atoms with van der Waals surface area (Å²) < 4.78 is 0. The number of ketones is 1. The zero-order valence-electron chi connectivity index (χ0n) is 13.7. The van der Waals surface area contributed by atoms with Crippen LogP contribution in [-0.4, -0.2) is 23.0 Å². The number of carbonyl (C=O) groups excluding carboxylic acids is 1. The monoisotopic (exact) mass is 307 g/mol. The Kier molecular flexibility index (Phi) is 3.72. The van der Waals surface area contributed by atoms with Crippen LogP contribution < -0.4 is 4.90 Å². The lowest BCUT2D eigenvalue weighted by Gasteiger charge is -2.41. The molecule has 0 saturated carbocycles. The highest BCUT2D eigenvalue weighted by Crippen LogP contribution is 2.38. The van der Waals surface area contributed by atoms with E-state index in [1.165, 1.54) is 0 Å². The molecule has 2 aromatic carbocycles. The Balaban J connectivity index is 2.09. The number of anilines is 1. The molecule has 0 aromatic heterocycles. The van der Waals surface area contributed by atoms with Crippen molar-refractivity contribution in [1.29, 1.82) is 0 Å². The van der Waals surface area contributed by atoms with E-state index >= 15 is 0 Å². The Labute approximate surface area is 136 Å². The number of phenolic OH excluding ortho intramolecular Hbond substituents is 1. The van der Waals surface area contributed by atoms with Gasteiger partial charge in [-0.3, -0.25) is 4.79 Å². The van der Waals surface area contributed by atoms with Gasteiger partial charge in [0.1, 0.15) is 5.75 Å². The van der Waals surface area contributed by atoms with E-state index in [1.807, 2.05) is 24.3 Å². The first kappa shape index (κ1) is 15.3. The van der Waals surface area contributed by atoms with Crippen LogP contribution in [0.3, 0.4) is 0 Å². The summed E-state index contributed by atoms with van der Waals surface area (Å²) in [6.45, 7) is 7.19. The summed E-state index contributed by atoms with van der Waals surface area (Å²) in [5.41, 5.74) is 2.73. The first-order valence-electron chi connectivity index (χ1n) is 7.87. The standard InChI is InChI=1S/C20H21NO2/c1-4-21-17-13-18(22)16(12-15(17)10-11-20(21,2)3)19(23)14-8-6-5-7-9-14/h5-13,22H,4H2,1-3H3. The predicted octanol–water partition coefficient (Wildman–Crippen LogP) is 4.25. The summed E-state index contributed by atoms with van der Waals surface area (Å²) in [5, 5.41) is 10.4. The zero-order chi connectivity index (χ0) is 16.6. The highest BCUT2D eigenvalue weighted by Gasteiger charge is 2.29. The molecule has 118 valence electrons. The highest BCUT2D eigenvalue weighted by atomic mass is 16.3. The third-order valence-corrected chi connectivity index (χ3v) is 4.40. The number of aromatic hydroxyl groups is 1. The van der Waals surface area contributed by atoms with E-state index in [1.54, 1.807) is 24.3 Å². The zero-order valence-corrected chi connectivity index (χ0v) is 13.7. The van der Waals surface area contributed by atoms with Gasteiger partial charge >= 0.3 is 0 Å². The van der Waals surface area contributed by atoms with Crippen molar-refractivity contribution in [3.8, 4) is 5.75 Å². The Hall–Kier alpha value is -2.55. The number of fused-ring (bicyclic) bond motifs is 1. The normalized spacial score (nSPS) is 15.3. The third-order valence-electron chi connectivity index (χ3n) is 4.40. The van der Waals surface area contributed by atoms with Crippen LogP contribution in [0.5, 0.6) is 5.75 Å². The maximum absolute atomic E-state index is 12.6. The molecular weight excluding hydrogens is 286 g/mol. The molecule has 0 bridgehead atoms. The second-order valence-corrected chi connectivity index (χ2v) is 6.35. The smallest absolute Gasteiger partial charge is 0.196 e. The molecule has 0 saturated heterocycles. The van der Waals surface area contributed by atoms with E-state index < -0.39 is 0 Å². The molecule has 1 heterocycles. The summed E-state index contributed by atoms with van der Waals surface area (Å²) in [6, 6.07) is 12.5. The van der Waals surface area contributed by atoms with Crippen LogP contribution in [0.1, 0.15) is 42.3 Å². The maximum Gasteiger partial charge on any atom is 0.196 e. The van der Waals surface area contributed by atoms with E-state index in [9.17, 15) is 9.90 Å². The van der Waals surface area contributed by atoms with E-state index in [-0.39, 0.29) is 17.1 Å². The fraction of sp³-hybridized carbons (Fsp3) is 0.250. The lowest BCUT2D eigenvalue weighted by Crippen LogP contribution is -2.44. The van der Waals surface area contributed by atoms with Gasteiger partial charge in [-0.15, -0.1) is 0 Å². The van der Waals surface area contributed by atoms with Crippen LogP contribution in [0, 0.1) is 0 Å². The van der Waals surface area contributed by atoms with Crippen molar-refractivity contribution in [3.05, 3.63) is 65.2 Å².